The molecule has 0 bridgehead atoms. The molecule has 0 aliphatic carbocycles. The van der Waals surface area contributed by atoms with Gasteiger partial charge in [0.1, 0.15) is 0 Å². The van der Waals surface area contributed by atoms with Crippen molar-refractivity contribution >= 4 is 27.5 Å². The highest BCUT2D eigenvalue weighted by atomic mass is 79.9. The van der Waals surface area contributed by atoms with E-state index in [0.29, 0.717) is 37.4 Å². The topological polar surface area (TPSA) is 79.3 Å². The van der Waals surface area contributed by atoms with E-state index in [-0.39, 0.29) is 5.91 Å². The summed E-state index contributed by atoms with van der Waals surface area (Å²) in [5.41, 5.74) is 6.74. The predicted octanol–water partition coefficient (Wildman–Crippen LogP) is 2.03. The third-order valence-electron chi connectivity index (χ3n) is 2.51. The van der Waals surface area contributed by atoms with Crippen LogP contribution in [0, 0.1) is 11.3 Å². The van der Waals surface area contributed by atoms with Crippen molar-refractivity contribution in [3.8, 4) is 6.07 Å². The number of anilines is 1. The van der Waals surface area contributed by atoms with Gasteiger partial charge in [-0.15, -0.1) is 0 Å². The average Bonchev–Trinajstić information content (AvgIpc) is 2.37. The molecular formula is C13H16BrN3O2. The molecule has 0 radical (unpaired) electrons. The van der Waals surface area contributed by atoms with Gasteiger partial charge in [0.05, 0.1) is 19.1 Å². The van der Waals surface area contributed by atoms with Gasteiger partial charge in [0.25, 0.3) is 5.91 Å². The van der Waals surface area contributed by atoms with Crippen LogP contribution in [0.25, 0.3) is 0 Å². The number of methoxy groups -OCH3 is 1. The van der Waals surface area contributed by atoms with Crippen molar-refractivity contribution in [2.75, 3.05) is 32.5 Å². The number of nitriles is 1. The summed E-state index contributed by atoms with van der Waals surface area (Å²) in [6, 6.07) is 7.10. The van der Waals surface area contributed by atoms with Crippen LogP contribution in [0.4, 0.5) is 5.69 Å². The normalized spacial score (nSPS) is 9.95. The summed E-state index contributed by atoms with van der Waals surface area (Å²) < 4.78 is 5.73. The lowest BCUT2D eigenvalue weighted by Crippen LogP contribution is -2.34. The van der Waals surface area contributed by atoms with Gasteiger partial charge in [0, 0.05) is 35.9 Å². The van der Waals surface area contributed by atoms with Crippen LogP contribution in [0.2, 0.25) is 0 Å². The summed E-state index contributed by atoms with van der Waals surface area (Å²) in [5.74, 6) is -0.152. The number of ether oxygens (including phenoxy) is 1. The van der Waals surface area contributed by atoms with Gasteiger partial charge in [0.2, 0.25) is 0 Å². The molecular weight excluding hydrogens is 310 g/mol. The highest BCUT2D eigenvalue weighted by Gasteiger charge is 2.16. The molecule has 0 aromatic heterocycles. The molecule has 2 N–H and O–H groups in total. The summed E-state index contributed by atoms with van der Waals surface area (Å²) in [6.07, 6.45) is 0.291. The van der Waals surface area contributed by atoms with Gasteiger partial charge >= 0.3 is 0 Å². The molecule has 1 rings (SSSR count). The zero-order valence-electron chi connectivity index (χ0n) is 10.7. The van der Waals surface area contributed by atoms with E-state index in [4.69, 9.17) is 15.7 Å². The van der Waals surface area contributed by atoms with Crippen molar-refractivity contribution in [2.24, 2.45) is 0 Å². The molecule has 1 aromatic rings. The molecule has 0 unspecified atom stereocenters. The first-order valence-corrected chi connectivity index (χ1v) is 6.59. The standard InChI is InChI=1S/C13H16BrN3O2/c1-19-6-5-17(4-2-3-15)13(18)10-7-11(14)9-12(16)8-10/h7-9H,2,4-6,16H2,1H3. The third-order valence-corrected chi connectivity index (χ3v) is 2.97. The van der Waals surface area contributed by atoms with Crippen LogP contribution in [0.15, 0.2) is 22.7 Å². The molecule has 19 heavy (non-hydrogen) atoms. The second kappa shape index (κ2) is 7.77. The highest BCUT2D eigenvalue weighted by Crippen LogP contribution is 2.18. The number of nitrogen functional groups attached to an aromatic ring is 1. The second-order valence-corrected chi connectivity index (χ2v) is 4.88. The molecule has 0 saturated carbocycles. The van der Waals surface area contributed by atoms with Crippen LogP contribution < -0.4 is 5.73 Å². The van der Waals surface area contributed by atoms with E-state index in [2.05, 4.69) is 15.9 Å². The number of hydrogen-bond donors (Lipinski definition) is 1. The number of amides is 1. The molecule has 1 amide bonds. The monoisotopic (exact) mass is 325 g/mol. The van der Waals surface area contributed by atoms with Crippen molar-refractivity contribution in [1.82, 2.24) is 4.90 Å². The van der Waals surface area contributed by atoms with Crippen molar-refractivity contribution in [3.63, 3.8) is 0 Å². The third kappa shape index (κ3) is 4.89. The van der Waals surface area contributed by atoms with Crippen LogP contribution in [-0.2, 0) is 4.74 Å². The van der Waals surface area contributed by atoms with Gasteiger partial charge in [-0.2, -0.15) is 5.26 Å². The van der Waals surface area contributed by atoms with Gasteiger partial charge in [-0.3, -0.25) is 4.79 Å². The van der Waals surface area contributed by atoms with E-state index < -0.39 is 0 Å². The SMILES string of the molecule is COCCN(CCC#N)C(=O)c1cc(N)cc(Br)c1. The molecule has 1 aromatic carbocycles. The van der Waals surface area contributed by atoms with Crippen molar-refractivity contribution in [1.29, 1.82) is 5.26 Å². The molecule has 102 valence electrons. The van der Waals surface area contributed by atoms with Gasteiger partial charge in [-0.25, -0.2) is 0 Å². The fraction of sp³-hybridized carbons (Fsp3) is 0.385. The van der Waals surface area contributed by atoms with Crippen LogP contribution in [0.3, 0.4) is 0 Å². The summed E-state index contributed by atoms with van der Waals surface area (Å²) in [6.45, 7) is 1.26. The number of carbonyl (C=O) groups is 1. The second-order valence-electron chi connectivity index (χ2n) is 3.97. The number of halogens is 1. The Morgan fingerprint density at radius 2 is 2.21 bits per heavy atom. The molecule has 0 aliphatic heterocycles. The molecule has 0 fully saturated rings. The molecule has 0 aliphatic rings. The van der Waals surface area contributed by atoms with Gasteiger partial charge in [-0.1, -0.05) is 15.9 Å². The number of carbonyl (C=O) groups excluding carboxylic acids is 1. The number of benzene rings is 1. The Kier molecular flexibility index (Phi) is 6.33. The largest absolute Gasteiger partial charge is 0.399 e. The Labute approximate surface area is 121 Å². The molecule has 5 nitrogen and oxygen atoms in total. The van der Waals surface area contributed by atoms with Gasteiger partial charge < -0.3 is 15.4 Å². The lowest BCUT2D eigenvalue weighted by Gasteiger charge is -2.21. The number of rotatable bonds is 6. The molecule has 6 heteroatoms. The quantitative estimate of drug-likeness (QED) is 0.811. The molecule has 0 atom stereocenters. The zero-order valence-corrected chi connectivity index (χ0v) is 12.3. The maximum absolute atomic E-state index is 12.3. The first-order chi connectivity index (χ1) is 9.08. The maximum Gasteiger partial charge on any atom is 0.254 e. The lowest BCUT2D eigenvalue weighted by atomic mass is 10.1. The zero-order chi connectivity index (χ0) is 14.3. The minimum Gasteiger partial charge on any atom is -0.399 e. The van der Waals surface area contributed by atoms with Crippen LogP contribution in [-0.4, -0.2) is 37.6 Å². The minimum atomic E-state index is -0.152. The van der Waals surface area contributed by atoms with Crippen LogP contribution in [0.1, 0.15) is 16.8 Å². The van der Waals surface area contributed by atoms with Crippen molar-refractivity contribution in [3.05, 3.63) is 28.2 Å². The average molecular weight is 326 g/mol. The Bertz CT molecular complexity index is 465. The maximum atomic E-state index is 12.3. The van der Waals surface area contributed by atoms with Gasteiger partial charge in [0.15, 0.2) is 0 Å². The minimum absolute atomic E-state index is 0.152. The Morgan fingerprint density at radius 3 is 2.79 bits per heavy atom. The van der Waals surface area contributed by atoms with Crippen molar-refractivity contribution < 1.29 is 9.53 Å². The van der Waals surface area contributed by atoms with E-state index in [0.717, 1.165) is 4.47 Å². The number of hydrogen-bond acceptors (Lipinski definition) is 4. The van der Waals surface area contributed by atoms with Crippen LogP contribution in [0.5, 0.6) is 0 Å². The number of nitrogens with two attached hydrogens (primary N) is 1. The van der Waals surface area contributed by atoms with E-state index in [1.54, 1.807) is 30.2 Å². The first-order valence-electron chi connectivity index (χ1n) is 5.79. The Morgan fingerprint density at radius 1 is 1.47 bits per heavy atom. The van der Waals surface area contributed by atoms with Gasteiger partial charge in [-0.05, 0) is 18.2 Å². The van der Waals surface area contributed by atoms with E-state index >= 15 is 0 Å². The van der Waals surface area contributed by atoms with Crippen LogP contribution >= 0.6 is 15.9 Å². The summed E-state index contributed by atoms with van der Waals surface area (Å²) in [7, 11) is 1.57. The first kappa shape index (κ1) is 15.5. The molecule has 0 heterocycles. The predicted molar refractivity (Wildman–Crippen MR) is 76.6 cm³/mol. The number of nitrogens with zero attached hydrogens (tertiary/aromatic N) is 2. The van der Waals surface area contributed by atoms with E-state index in [9.17, 15) is 4.79 Å². The summed E-state index contributed by atoms with van der Waals surface area (Å²) >= 11 is 3.31. The smallest absolute Gasteiger partial charge is 0.254 e. The summed E-state index contributed by atoms with van der Waals surface area (Å²) in [4.78, 5) is 13.9. The summed E-state index contributed by atoms with van der Waals surface area (Å²) in [5, 5.41) is 8.63. The molecule has 0 spiro atoms. The Balaban J connectivity index is 2.87. The Hall–Kier alpha value is -1.58. The fourth-order valence-electron chi connectivity index (χ4n) is 1.62. The fourth-order valence-corrected chi connectivity index (χ4v) is 2.13. The lowest BCUT2D eigenvalue weighted by molar-refractivity contribution is 0.0700. The molecule has 0 saturated heterocycles. The van der Waals surface area contributed by atoms with E-state index in [1.165, 1.54) is 0 Å². The van der Waals surface area contributed by atoms with E-state index in [1.807, 2.05) is 6.07 Å². The highest BCUT2D eigenvalue weighted by molar-refractivity contribution is 9.10. The van der Waals surface area contributed by atoms with Crippen molar-refractivity contribution in [2.45, 2.75) is 6.42 Å².